The minimum atomic E-state index is -1.20. The molecule has 1 N–H and O–H groups in total. The first kappa shape index (κ1) is 14.3. The molecule has 104 valence electrons. The van der Waals surface area contributed by atoms with Crippen LogP contribution in [0.25, 0.3) is 0 Å². The van der Waals surface area contributed by atoms with Gasteiger partial charge in [0.1, 0.15) is 24.0 Å². The van der Waals surface area contributed by atoms with Crippen LogP contribution in [0.3, 0.4) is 0 Å². The van der Waals surface area contributed by atoms with Crippen LogP contribution in [-0.4, -0.2) is 11.1 Å². The SMILES string of the molecule is O=C(O)c1cc(OCc2cc(F)ccc2F)ccc1Cl. The molecule has 6 heteroatoms. The zero-order valence-electron chi connectivity index (χ0n) is 10.1. The van der Waals surface area contributed by atoms with Crippen LogP contribution >= 0.6 is 11.6 Å². The Morgan fingerprint density at radius 3 is 2.65 bits per heavy atom. The molecule has 0 aromatic heterocycles. The van der Waals surface area contributed by atoms with Crippen LogP contribution in [-0.2, 0) is 6.61 Å². The van der Waals surface area contributed by atoms with Crippen LogP contribution in [0.4, 0.5) is 8.78 Å². The number of aromatic carboxylic acids is 1. The van der Waals surface area contributed by atoms with Crippen molar-refractivity contribution < 1.29 is 23.4 Å². The molecule has 0 amide bonds. The van der Waals surface area contributed by atoms with Crippen LogP contribution in [0.5, 0.6) is 5.75 Å². The van der Waals surface area contributed by atoms with E-state index < -0.39 is 17.6 Å². The van der Waals surface area contributed by atoms with Gasteiger partial charge in [-0.05, 0) is 36.4 Å². The molecule has 0 atom stereocenters. The highest BCUT2D eigenvalue weighted by atomic mass is 35.5. The van der Waals surface area contributed by atoms with Gasteiger partial charge in [0.2, 0.25) is 0 Å². The maximum atomic E-state index is 13.4. The van der Waals surface area contributed by atoms with Crippen molar-refractivity contribution >= 4 is 17.6 Å². The third kappa shape index (κ3) is 3.24. The molecular weight excluding hydrogens is 290 g/mol. The Hall–Kier alpha value is -2.14. The molecule has 0 aliphatic rings. The van der Waals surface area contributed by atoms with Crippen molar-refractivity contribution in [2.75, 3.05) is 0 Å². The Labute approximate surface area is 118 Å². The lowest BCUT2D eigenvalue weighted by molar-refractivity contribution is 0.0696. The fourth-order valence-corrected chi connectivity index (χ4v) is 1.77. The highest BCUT2D eigenvalue weighted by Gasteiger charge is 2.11. The van der Waals surface area contributed by atoms with Crippen LogP contribution in [0, 0.1) is 11.6 Å². The maximum Gasteiger partial charge on any atom is 0.337 e. The summed E-state index contributed by atoms with van der Waals surface area (Å²) in [6.07, 6.45) is 0. The second-order valence-electron chi connectivity index (χ2n) is 3.97. The number of carboxylic acid groups (broad SMARTS) is 1. The summed E-state index contributed by atoms with van der Waals surface area (Å²) in [5, 5.41) is 8.98. The number of rotatable bonds is 4. The lowest BCUT2D eigenvalue weighted by atomic mass is 10.2. The first-order chi connectivity index (χ1) is 9.47. The standard InChI is InChI=1S/C14H9ClF2O3/c15-12-3-2-10(6-11(12)14(18)19)20-7-8-5-9(16)1-4-13(8)17/h1-6H,7H2,(H,18,19). The van der Waals surface area contributed by atoms with E-state index in [0.717, 1.165) is 18.2 Å². The first-order valence-electron chi connectivity index (χ1n) is 5.57. The fraction of sp³-hybridized carbons (Fsp3) is 0.0714. The van der Waals surface area contributed by atoms with Gasteiger partial charge in [0, 0.05) is 5.56 Å². The van der Waals surface area contributed by atoms with E-state index in [9.17, 15) is 13.6 Å². The number of carbonyl (C=O) groups is 1. The maximum absolute atomic E-state index is 13.4. The Morgan fingerprint density at radius 2 is 1.95 bits per heavy atom. The summed E-state index contributed by atoms with van der Waals surface area (Å²) in [6, 6.07) is 7.06. The van der Waals surface area contributed by atoms with Crippen LogP contribution < -0.4 is 4.74 Å². The molecule has 0 saturated carbocycles. The van der Waals surface area contributed by atoms with Gasteiger partial charge in [-0.25, -0.2) is 13.6 Å². The molecule has 0 aliphatic carbocycles. The van der Waals surface area contributed by atoms with Crippen molar-refractivity contribution in [3.63, 3.8) is 0 Å². The topological polar surface area (TPSA) is 46.5 Å². The number of benzene rings is 2. The van der Waals surface area contributed by atoms with Gasteiger partial charge in [0.25, 0.3) is 0 Å². The molecule has 0 spiro atoms. The highest BCUT2D eigenvalue weighted by molar-refractivity contribution is 6.33. The summed E-state index contributed by atoms with van der Waals surface area (Å²) >= 11 is 5.71. The molecule has 0 heterocycles. The van der Waals surface area contributed by atoms with Gasteiger partial charge < -0.3 is 9.84 Å². The Bertz CT molecular complexity index is 659. The van der Waals surface area contributed by atoms with Crippen molar-refractivity contribution in [1.29, 1.82) is 0 Å². The number of hydrogen-bond acceptors (Lipinski definition) is 2. The lowest BCUT2D eigenvalue weighted by Crippen LogP contribution is -2.02. The number of carboxylic acids is 1. The Kier molecular flexibility index (Phi) is 4.20. The summed E-state index contributed by atoms with van der Waals surface area (Å²) < 4.78 is 31.6. The van der Waals surface area contributed by atoms with Gasteiger partial charge in [-0.3, -0.25) is 0 Å². The molecule has 2 aromatic rings. The minimum Gasteiger partial charge on any atom is -0.489 e. The van der Waals surface area contributed by atoms with Gasteiger partial charge >= 0.3 is 5.97 Å². The summed E-state index contributed by atoms with van der Waals surface area (Å²) in [6.45, 7) is -0.218. The molecule has 2 rings (SSSR count). The van der Waals surface area contributed by atoms with Crippen molar-refractivity contribution in [2.45, 2.75) is 6.61 Å². The molecule has 20 heavy (non-hydrogen) atoms. The Morgan fingerprint density at radius 1 is 1.20 bits per heavy atom. The van der Waals surface area contributed by atoms with E-state index in [0.29, 0.717) is 0 Å². The van der Waals surface area contributed by atoms with E-state index in [-0.39, 0.29) is 28.5 Å². The van der Waals surface area contributed by atoms with Crippen LogP contribution in [0.2, 0.25) is 5.02 Å². The normalized spacial score (nSPS) is 10.3. The van der Waals surface area contributed by atoms with Crippen LogP contribution in [0.15, 0.2) is 36.4 Å². The molecule has 0 aliphatic heterocycles. The van der Waals surface area contributed by atoms with Gasteiger partial charge in [0.05, 0.1) is 10.6 Å². The first-order valence-corrected chi connectivity index (χ1v) is 5.95. The summed E-state index contributed by atoms with van der Waals surface area (Å²) in [5.74, 6) is -2.17. The molecule has 0 fully saturated rings. The van der Waals surface area contributed by atoms with E-state index >= 15 is 0 Å². The van der Waals surface area contributed by atoms with E-state index in [1.807, 2.05) is 0 Å². The number of halogens is 3. The average molecular weight is 299 g/mol. The zero-order chi connectivity index (χ0) is 14.7. The third-order valence-corrected chi connectivity index (χ3v) is 2.90. The second-order valence-corrected chi connectivity index (χ2v) is 4.38. The van der Waals surface area contributed by atoms with Crippen LogP contribution in [0.1, 0.15) is 15.9 Å². The van der Waals surface area contributed by atoms with Gasteiger partial charge in [-0.2, -0.15) is 0 Å². The van der Waals surface area contributed by atoms with Crippen molar-refractivity contribution in [2.24, 2.45) is 0 Å². The highest BCUT2D eigenvalue weighted by Crippen LogP contribution is 2.23. The third-order valence-electron chi connectivity index (χ3n) is 2.57. The molecular formula is C14H9ClF2O3. The number of ether oxygens (including phenoxy) is 1. The molecule has 0 unspecified atom stereocenters. The predicted octanol–water partition coefficient (Wildman–Crippen LogP) is 3.90. The van der Waals surface area contributed by atoms with Gasteiger partial charge in [-0.1, -0.05) is 11.6 Å². The molecule has 2 aromatic carbocycles. The molecule has 3 nitrogen and oxygen atoms in total. The fourth-order valence-electron chi connectivity index (χ4n) is 1.57. The van der Waals surface area contributed by atoms with Crippen molar-refractivity contribution in [3.05, 3.63) is 64.2 Å². The Balaban J connectivity index is 2.17. The predicted molar refractivity (Wildman–Crippen MR) is 69.1 cm³/mol. The molecule has 0 radical (unpaired) electrons. The summed E-state index contributed by atoms with van der Waals surface area (Å²) in [4.78, 5) is 10.9. The molecule has 0 saturated heterocycles. The van der Waals surface area contributed by atoms with Crippen molar-refractivity contribution in [1.82, 2.24) is 0 Å². The smallest absolute Gasteiger partial charge is 0.337 e. The van der Waals surface area contributed by atoms with Crippen molar-refractivity contribution in [3.8, 4) is 5.75 Å². The summed E-state index contributed by atoms with van der Waals surface area (Å²) in [7, 11) is 0. The van der Waals surface area contributed by atoms with E-state index in [4.69, 9.17) is 21.4 Å². The van der Waals surface area contributed by atoms with E-state index in [1.54, 1.807) is 0 Å². The van der Waals surface area contributed by atoms with Gasteiger partial charge in [-0.15, -0.1) is 0 Å². The van der Waals surface area contributed by atoms with E-state index in [1.165, 1.54) is 18.2 Å². The summed E-state index contributed by atoms with van der Waals surface area (Å²) in [5.41, 5.74) is -0.0827. The van der Waals surface area contributed by atoms with Gasteiger partial charge in [0.15, 0.2) is 0 Å². The zero-order valence-corrected chi connectivity index (χ0v) is 10.8. The molecule has 0 bridgehead atoms. The average Bonchev–Trinajstić information content (AvgIpc) is 2.41. The van der Waals surface area contributed by atoms with E-state index in [2.05, 4.69) is 0 Å². The number of hydrogen-bond donors (Lipinski definition) is 1. The lowest BCUT2D eigenvalue weighted by Gasteiger charge is -2.08. The quantitative estimate of drug-likeness (QED) is 0.931. The second kappa shape index (κ2) is 5.88. The monoisotopic (exact) mass is 298 g/mol. The largest absolute Gasteiger partial charge is 0.489 e. The minimum absolute atomic E-state index is 0.0387.